The van der Waals surface area contributed by atoms with Crippen LogP contribution in [0.3, 0.4) is 0 Å². The Morgan fingerprint density at radius 2 is 1.81 bits per heavy atom. The number of rotatable bonds is 6. The van der Waals surface area contributed by atoms with Crippen LogP contribution in [0.5, 0.6) is 0 Å². The molecule has 0 spiro atoms. The molecule has 1 amide bonds. The number of alkyl carbamates (subject to hydrolysis) is 1. The SMILES string of the molecule is CCOC(=O)NCC1(CC(=O)OS(C)(=O)=O)CCCCC1. The van der Waals surface area contributed by atoms with Gasteiger partial charge in [0.05, 0.1) is 19.3 Å². The molecule has 0 aromatic heterocycles. The first-order chi connectivity index (χ1) is 9.76. The Kier molecular flexibility index (Phi) is 6.44. The van der Waals surface area contributed by atoms with Gasteiger partial charge in [-0.1, -0.05) is 19.3 Å². The Bertz CT molecular complexity index is 467. The molecule has 1 fully saturated rings. The normalized spacial score (nSPS) is 17.8. The summed E-state index contributed by atoms with van der Waals surface area (Å²) in [7, 11) is -3.80. The summed E-state index contributed by atoms with van der Waals surface area (Å²) in [6, 6.07) is 0. The molecule has 0 radical (unpaired) electrons. The largest absolute Gasteiger partial charge is 0.450 e. The summed E-state index contributed by atoms with van der Waals surface area (Å²) in [6.07, 6.45) is 4.74. The monoisotopic (exact) mass is 321 g/mol. The number of hydrogen-bond acceptors (Lipinski definition) is 6. The van der Waals surface area contributed by atoms with Crippen LogP contribution in [0.1, 0.15) is 45.4 Å². The zero-order valence-corrected chi connectivity index (χ0v) is 13.3. The minimum absolute atomic E-state index is 0.0214. The molecule has 1 rings (SSSR count). The molecule has 21 heavy (non-hydrogen) atoms. The molecule has 0 bridgehead atoms. The Morgan fingerprint density at radius 1 is 1.19 bits per heavy atom. The van der Waals surface area contributed by atoms with Crippen LogP contribution >= 0.6 is 0 Å². The molecule has 1 saturated carbocycles. The molecule has 8 heteroatoms. The first-order valence-corrected chi connectivity index (χ1v) is 8.91. The fourth-order valence-corrected chi connectivity index (χ4v) is 3.06. The van der Waals surface area contributed by atoms with Gasteiger partial charge in [-0.15, -0.1) is 0 Å². The summed E-state index contributed by atoms with van der Waals surface area (Å²) in [6.45, 7) is 2.26. The van der Waals surface area contributed by atoms with Crippen LogP contribution in [0.2, 0.25) is 0 Å². The lowest BCUT2D eigenvalue weighted by Crippen LogP contribution is -2.41. The molecule has 0 saturated heterocycles. The zero-order valence-electron chi connectivity index (χ0n) is 12.5. The Balaban J connectivity index is 2.65. The van der Waals surface area contributed by atoms with Gasteiger partial charge in [-0.05, 0) is 25.2 Å². The third kappa shape index (κ3) is 6.79. The number of carbonyl (C=O) groups is 2. The molecule has 1 aliphatic rings. The van der Waals surface area contributed by atoms with Crippen LogP contribution in [-0.2, 0) is 23.8 Å². The van der Waals surface area contributed by atoms with E-state index in [1.165, 1.54) is 0 Å². The van der Waals surface area contributed by atoms with Crippen LogP contribution in [0.4, 0.5) is 4.79 Å². The fourth-order valence-electron chi connectivity index (χ4n) is 2.66. The van der Waals surface area contributed by atoms with Gasteiger partial charge in [0.25, 0.3) is 0 Å². The number of nitrogens with one attached hydrogen (secondary N) is 1. The van der Waals surface area contributed by atoms with E-state index in [0.717, 1.165) is 38.4 Å². The number of carbonyl (C=O) groups excluding carboxylic acids is 2. The van der Waals surface area contributed by atoms with Crippen molar-refractivity contribution in [3.63, 3.8) is 0 Å². The Morgan fingerprint density at radius 3 is 2.33 bits per heavy atom. The second-order valence-electron chi connectivity index (χ2n) is 5.47. The van der Waals surface area contributed by atoms with Crippen molar-refractivity contribution in [2.75, 3.05) is 19.4 Å². The summed E-state index contributed by atoms with van der Waals surface area (Å²) in [5.74, 6) is -0.773. The molecule has 0 aromatic rings. The van der Waals surface area contributed by atoms with Gasteiger partial charge in [0.2, 0.25) is 0 Å². The smallest absolute Gasteiger partial charge is 0.407 e. The third-order valence-corrected chi connectivity index (χ3v) is 4.05. The van der Waals surface area contributed by atoms with Crippen LogP contribution in [0.25, 0.3) is 0 Å². The van der Waals surface area contributed by atoms with E-state index in [9.17, 15) is 18.0 Å². The molecule has 1 aliphatic carbocycles. The standard InChI is InChI=1S/C13H23NO6S/c1-3-19-12(16)14-10-13(7-5-4-6-8-13)9-11(15)20-21(2,17)18/h3-10H2,1-2H3,(H,14,16). The average Bonchev–Trinajstić information content (AvgIpc) is 2.35. The minimum Gasteiger partial charge on any atom is -0.450 e. The van der Waals surface area contributed by atoms with Gasteiger partial charge in [0, 0.05) is 6.54 Å². The minimum atomic E-state index is -3.80. The van der Waals surface area contributed by atoms with Crippen LogP contribution in [0, 0.1) is 5.41 Å². The van der Waals surface area contributed by atoms with E-state index in [2.05, 4.69) is 9.50 Å². The van der Waals surface area contributed by atoms with Crippen LogP contribution in [0.15, 0.2) is 0 Å². The summed E-state index contributed by atoms with van der Waals surface area (Å²) in [5, 5.41) is 2.64. The van der Waals surface area contributed by atoms with Crippen molar-refractivity contribution >= 4 is 22.2 Å². The highest BCUT2D eigenvalue weighted by molar-refractivity contribution is 7.86. The quantitative estimate of drug-likeness (QED) is 0.746. The van der Waals surface area contributed by atoms with Crippen molar-refractivity contribution in [1.29, 1.82) is 0 Å². The summed E-state index contributed by atoms with van der Waals surface area (Å²) in [4.78, 5) is 23.2. The third-order valence-electron chi connectivity index (χ3n) is 3.56. The summed E-state index contributed by atoms with van der Waals surface area (Å²) >= 11 is 0. The molecule has 0 aromatic carbocycles. The molecule has 0 heterocycles. The maximum absolute atomic E-state index is 11.8. The molecular weight excluding hydrogens is 298 g/mol. The summed E-state index contributed by atoms with van der Waals surface area (Å²) < 4.78 is 31.2. The van der Waals surface area contributed by atoms with Crippen molar-refractivity contribution in [2.24, 2.45) is 5.41 Å². The van der Waals surface area contributed by atoms with Crippen LogP contribution in [-0.4, -0.2) is 39.9 Å². The maximum Gasteiger partial charge on any atom is 0.407 e. The predicted octanol–water partition coefficient (Wildman–Crippen LogP) is 1.58. The number of amides is 1. The molecule has 1 N–H and O–H groups in total. The van der Waals surface area contributed by atoms with Gasteiger partial charge in [-0.25, -0.2) is 4.79 Å². The maximum atomic E-state index is 11.8. The van der Waals surface area contributed by atoms with Crippen molar-refractivity contribution in [2.45, 2.75) is 45.4 Å². The molecule has 122 valence electrons. The highest BCUT2D eigenvalue weighted by Crippen LogP contribution is 2.39. The van der Waals surface area contributed by atoms with Gasteiger partial charge in [-0.3, -0.25) is 4.79 Å². The highest BCUT2D eigenvalue weighted by Gasteiger charge is 2.36. The first kappa shape index (κ1) is 17.7. The number of ether oxygens (including phenoxy) is 1. The Labute approximate surface area is 125 Å². The first-order valence-electron chi connectivity index (χ1n) is 7.09. The lowest BCUT2D eigenvalue weighted by Gasteiger charge is -2.36. The van der Waals surface area contributed by atoms with Crippen LogP contribution < -0.4 is 5.32 Å². The Hall–Kier alpha value is -1.31. The van der Waals surface area contributed by atoms with E-state index in [0.29, 0.717) is 0 Å². The average molecular weight is 321 g/mol. The van der Waals surface area contributed by atoms with Gasteiger partial charge in [0.15, 0.2) is 0 Å². The van der Waals surface area contributed by atoms with Crippen molar-refractivity contribution in [3.8, 4) is 0 Å². The van der Waals surface area contributed by atoms with E-state index < -0.39 is 27.6 Å². The van der Waals surface area contributed by atoms with E-state index in [1.54, 1.807) is 6.92 Å². The van der Waals surface area contributed by atoms with E-state index in [-0.39, 0.29) is 19.6 Å². The second-order valence-corrected chi connectivity index (χ2v) is 7.05. The fraction of sp³-hybridized carbons (Fsp3) is 0.846. The van der Waals surface area contributed by atoms with Gasteiger partial charge in [0.1, 0.15) is 0 Å². The van der Waals surface area contributed by atoms with Crippen molar-refractivity contribution in [1.82, 2.24) is 5.32 Å². The lowest BCUT2D eigenvalue weighted by atomic mass is 9.72. The van der Waals surface area contributed by atoms with E-state index >= 15 is 0 Å². The summed E-state index contributed by atoms with van der Waals surface area (Å²) in [5.41, 5.74) is -0.452. The predicted molar refractivity (Wildman–Crippen MR) is 76.1 cm³/mol. The van der Waals surface area contributed by atoms with Crippen molar-refractivity contribution in [3.05, 3.63) is 0 Å². The highest BCUT2D eigenvalue weighted by atomic mass is 32.2. The lowest BCUT2D eigenvalue weighted by molar-refractivity contribution is -0.137. The molecule has 0 aliphatic heterocycles. The van der Waals surface area contributed by atoms with E-state index in [1.807, 2.05) is 0 Å². The van der Waals surface area contributed by atoms with E-state index in [4.69, 9.17) is 4.74 Å². The number of hydrogen-bond donors (Lipinski definition) is 1. The van der Waals surface area contributed by atoms with Gasteiger partial charge >= 0.3 is 22.2 Å². The molecule has 0 atom stereocenters. The zero-order chi connectivity index (χ0) is 15.9. The molecule has 0 unspecified atom stereocenters. The molecular formula is C13H23NO6S. The van der Waals surface area contributed by atoms with Gasteiger partial charge in [-0.2, -0.15) is 8.42 Å². The second kappa shape index (κ2) is 7.63. The van der Waals surface area contributed by atoms with Gasteiger partial charge < -0.3 is 14.2 Å². The molecule has 7 nitrogen and oxygen atoms in total. The topological polar surface area (TPSA) is 98.8 Å². The van der Waals surface area contributed by atoms with Crippen molar-refractivity contribution < 1.29 is 26.9 Å².